The Morgan fingerprint density at radius 2 is 0.485 bits per heavy atom. The molecule has 0 atom stereocenters. The smallest absolute Gasteiger partial charge is 0.119 e. The van der Waals surface area contributed by atoms with Gasteiger partial charge in [-0.25, -0.2) is 0 Å². The molecule has 6 aliphatic heterocycles. The quantitative estimate of drug-likeness (QED) is 0.0394. The first kappa shape index (κ1) is 116. The Morgan fingerprint density at radius 3 is 0.792 bits per heavy atom. The predicted molar refractivity (Wildman–Crippen MR) is 576 cm³/mol. The zero-order chi connectivity index (χ0) is 92.4. The average Bonchev–Trinajstić information content (AvgIpc) is 1.12. The fourth-order valence-electron chi connectivity index (χ4n) is 18.6. The zero-order valence-corrected chi connectivity index (χ0v) is 87.8. The number of rotatable bonds is 66. The fraction of sp³-hybridized carbons (Fsp3) is 0.793. The van der Waals surface area contributed by atoms with Crippen molar-refractivity contribution in [2.24, 2.45) is 0 Å². The number of thioether (sulfide) groups is 1. The standard InChI is InChI=1S/C25H44N2O.C22H37NO2.C22H37NOS.C18H38N2.C17H36N2.C12H17N/c1-3-4-5-6-7-8-9-10-11-12-13-14-23-28-25-17-15-24(16-18-25)27-21-19-26(2)20-22-27;1-2-3-4-5-6-7-8-9-10-11-18-25-22-14-12-21(13-15-22)23-16-19-24-20-17-23;1-2-3-4-5-6-7-8-9-10-11-18-24-22-14-12-21(13-15-22)23-16-19-25-20-17-23;1-3-4-5-6-7-8-9-10-11-12-13-14-15-20-17-16-19(2)18-20;1-3-4-5-6-7-8-9-10-11-12-13-19-16-14-18(2)15-17-19;1-11-5-7-12(8-6-11)13-9-3-2-4-10-13/h15-18H,3-14,19-23H2,1-2H3;2*12-15H,2-11,16-20H2,1H3;3-18H2,1-2H3;3-17H2,1-2H3;5-8H,2-4,9-10H2,1H3. The minimum Gasteiger partial charge on any atom is -0.494 e. The number of hydrogen-bond acceptors (Lipinski definition) is 14. The normalized spacial score (nSPS) is 15.9. The Bertz CT molecular complexity index is 2920. The Labute approximate surface area is 810 Å². The molecule has 748 valence electrons. The van der Waals surface area contributed by atoms with Crippen LogP contribution < -0.4 is 33.8 Å². The number of hydrogen-bond donors (Lipinski definition) is 0. The molecule has 6 saturated heterocycles. The highest BCUT2D eigenvalue weighted by molar-refractivity contribution is 7.99. The number of unbranched alkanes of at least 4 members (excludes halogenated alkanes) is 49. The van der Waals surface area contributed by atoms with Crippen molar-refractivity contribution in [1.29, 1.82) is 0 Å². The first-order chi connectivity index (χ1) is 64.1. The van der Waals surface area contributed by atoms with Crippen molar-refractivity contribution < 1.29 is 18.9 Å². The number of aryl methyl sites for hydroxylation is 1. The lowest BCUT2D eigenvalue weighted by atomic mass is 10.1. The van der Waals surface area contributed by atoms with Gasteiger partial charge in [-0.05, 0) is 177 Å². The van der Waals surface area contributed by atoms with Crippen molar-refractivity contribution in [3.63, 3.8) is 0 Å². The first-order valence-corrected chi connectivity index (χ1v) is 57.2. The van der Waals surface area contributed by atoms with E-state index in [4.69, 9.17) is 18.9 Å². The van der Waals surface area contributed by atoms with Crippen LogP contribution in [0.3, 0.4) is 0 Å². The summed E-state index contributed by atoms with van der Waals surface area (Å²) in [6.07, 6.45) is 80.0. The molecule has 0 aliphatic carbocycles. The van der Waals surface area contributed by atoms with Crippen molar-refractivity contribution in [1.82, 2.24) is 24.5 Å². The van der Waals surface area contributed by atoms with Crippen LogP contribution >= 0.6 is 11.8 Å². The van der Waals surface area contributed by atoms with Crippen molar-refractivity contribution in [2.45, 2.75) is 408 Å². The van der Waals surface area contributed by atoms with Gasteiger partial charge in [-0.1, -0.05) is 367 Å². The van der Waals surface area contributed by atoms with E-state index in [0.717, 1.165) is 89.6 Å². The van der Waals surface area contributed by atoms with E-state index < -0.39 is 0 Å². The van der Waals surface area contributed by atoms with Gasteiger partial charge >= 0.3 is 0 Å². The Balaban J connectivity index is 0.000000280. The van der Waals surface area contributed by atoms with Gasteiger partial charge in [0.05, 0.1) is 39.7 Å². The van der Waals surface area contributed by atoms with Crippen LogP contribution in [0.2, 0.25) is 0 Å². The van der Waals surface area contributed by atoms with Gasteiger partial charge in [0.1, 0.15) is 17.2 Å². The van der Waals surface area contributed by atoms with E-state index in [9.17, 15) is 0 Å². The van der Waals surface area contributed by atoms with E-state index in [1.54, 1.807) is 0 Å². The van der Waals surface area contributed by atoms with Crippen molar-refractivity contribution in [3.05, 3.63) is 103 Å². The molecule has 0 unspecified atom stereocenters. The number of piperazine rings is 2. The van der Waals surface area contributed by atoms with E-state index in [2.05, 4.69) is 216 Å². The highest BCUT2D eigenvalue weighted by atomic mass is 32.2. The molecule has 6 heterocycles. The van der Waals surface area contributed by atoms with E-state index in [1.807, 2.05) is 0 Å². The van der Waals surface area contributed by atoms with Crippen LogP contribution in [0, 0.1) is 6.92 Å². The van der Waals surface area contributed by atoms with Crippen LogP contribution in [0.25, 0.3) is 0 Å². The third-order valence-corrected chi connectivity index (χ3v) is 28.6. The molecular formula is C116H209N9O4S. The molecule has 4 aromatic carbocycles. The molecule has 0 aromatic heterocycles. The van der Waals surface area contributed by atoms with E-state index in [1.165, 1.54) is 491 Å². The lowest BCUT2D eigenvalue weighted by molar-refractivity contribution is 0.122. The van der Waals surface area contributed by atoms with Gasteiger partial charge in [-0.3, -0.25) is 9.80 Å². The van der Waals surface area contributed by atoms with Crippen molar-refractivity contribution in [3.8, 4) is 17.2 Å². The molecule has 4 aromatic rings. The number of nitrogens with zero attached hydrogens (tertiary/aromatic N) is 9. The third kappa shape index (κ3) is 63.1. The summed E-state index contributed by atoms with van der Waals surface area (Å²) in [6, 6.07) is 34.8. The van der Waals surface area contributed by atoms with Gasteiger partial charge in [0.2, 0.25) is 0 Å². The number of ether oxygens (including phenoxy) is 4. The molecule has 0 amide bonds. The first-order valence-electron chi connectivity index (χ1n) is 56.0. The number of morpholine rings is 1. The summed E-state index contributed by atoms with van der Waals surface area (Å²) in [5.74, 6) is 5.52. The summed E-state index contributed by atoms with van der Waals surface area (Å²) in [6.45, 7) is 40.6. The largest absolute Gasteiger partial charge is 0.494 e. The van der Waals surface area contributed by atoms with Gasteiger partial charge in [-0.15, -0.1) is 0 Å². The molecule has 0 bridgehead atoms. The summed E-state index contributed by atoms with van der Waals surface area (Å²) in [4.78, 5) is 22.3. The average molecular weight is 1830 g/mol. The van der Waals surface area contributed by atoms with Gasteiger partial charge in [-0.2, -0.15) is 11.8 Å². The van der Waals surface area contributed by atoms with Crippen LogP contribution in [-0.2, 0) is 4.74 Å². The summed E-state index contributed by atoms with van der Waals surface area (Å²) in [5, 5.41) is 0. The number of anilines is 4. The molecule has 6 fully saturated rings. The van der Waals surface area contributed by atoms with Crippen LogP contribution in [0.15, 0.2) is 97.1 Å². The van der Waals surface area contributed by atoms with Gasteiger partial charge in [0, 0.05) is 139 Å². The molecule has 6 aliphatic rings. The van der Waals surface area contributed by atoms with Gasteiger partial charge < -0.3 is 53.2 Å². The fourth-order valence-corrected chi connectivity index (χ4v) is 19.5. The zero-order valence-electron chi connectivity index (χ0n) is 87.0. The number of benzene rings is 4. The maximum absolute atomic E-state index is 5.93. The summed E-state index contributed by atoms with van der Waals surface area (Å²) in [7, 11) is 6.66. The second-order valence-electron chi connectivity index (χ2n) is 39.7. The van der Waals surface area contributed by atoms with E-state index in [0.29, 0.717) is 0 Å². The Kier molecular flexibility index (Phi) is 74.9. The van der Waals surface area contributed by atoms with E-state index in [-0.39, 0.29) is 0 Å². The van der Waals surface area contributed by atoms with Crippen LogP contribution in [0.5, 0.6) is 17.2 Å². The molecule has 0 spiro atoms. The minimum absolute atomic E-state index is 0.830. The second-order valence-corrected chi connectivity index (χ2v) is 40.9. The Hall–Kier alpha value is -4.41. The molecule has 0 radical (unpaired) electrons. The second kappa shape index (κ2) is 83.9. The lowest BCUT2D eigenvalue weighted by Gasteiger charge is -2.34. The molecular weight excluding hydrogens is 1620 g/mol. The van der Waals surface area contributed by atoms with E-state index >= 15 is 0 Å². The number of likely N-dealkylation sites (N-methyl/N-ethyl adjacent to an activating group) is 3. The molecule has 10 rings (SSSR count). The van der Waals surface area contributed by atoms with Gasteiger partial charge in [0.15, 0.2) is 0 Å². The maximum Gasteiger partial charge on any atom is 0.119 e. The molecule has 14 heteroatoms. The van der Waals surface area contributed by atoms with Crippen LogP contribution in [0.4, 0.5) is 22.7 Å². The van der Waals surface area contributed by atoms with Crippen LogP contribution in [-0.4, -0.2) is 215 Å². The van der Waals surface area contributed by atoms with Crippen LogP contribution in [0.1, 0.15) is 406 Å². The summed E-state index contributed by atoms with van der Waals surface area (Å²) < 4.78 is 23.1. The predicted octanol–water partition coefficient (Wildman–Crippen LogP) is 30.9. The SMILES string of the molecule is CCCCCCCCCCCCCCN1CCN(C)C1.CCCCCCCCCCCCCCOc1ccc(N2CCN(C)CC2)cc1.CCCCCCCCCCCCN1CCN(C)CC1.CCCCCCCCCCCCOc1ccc(N2CCOCC2)cc1.CCCCCCCCCCCCOc1ccc(N2CCSCC2)cc1.Cc1ccc(N2CCCCC2)cc1. The molecule has 130 heavy (non-hydrogen) atoms. The third-order valence-electron chi connectivity index (χ3n) is 27.7. The molecule has 0 saturated carbocycles. The highest BCUT2D eigenvalue weighted by Crippen LogP contribution is 2.28. The van der Waals surface area contributed by atoms with Crippen molar-refractivity contribution >= 4 is 34.5 Å². The number of piperidine rings is 1. The summed E-state index contributed by atoms with van der Waals surface area (Å²) in [5.41, 5.74) is 6.68. The molecule has 0 N–H and O–H groups in total. The van der Waals surface area contributed by atoms with Gasteiger partial charge in [0.25, 0.3) is 0 Å². The lowest BCUT2D eigenvalue weighted by Crippen LogP contribution is -2.44. The molecule has 13 nitrogen and oxygen atoms in total. The topological polar surface area (TPSA) is 66.1 Å². The minimum atomic E-state index is 0.830. The summed E-state index contributed by atoms with van der Waals surface area (Å²) >= 11 is 2.05. The maximum atomic E-state index is 5.93. The monoisotopic (exact) mass is 1820 g/mol. The van der Waals surface area contributed by atoms with Crippen molar-refractivity contribution in [2.75, 3.05) is 210 Å². The highest BCUT2D eigenvalue weighted by Gasteiger charge is 2.19. The Morgan fingerprint density at radius 1 is 0.238 bits per heavy atom.